The average Bonchev–Trinajstić information content (AvgIpc) is 2.95. The Bertz CT molecular complexity index is 773. The van der Waals surface area contributed by atoms with Crippen molar-refractivity contribution < 1.29 is 9.59 Å². The molecule has 6 heteroatoms. The van der Waals surface area contributed by atoms with Gasteiger partial charge < -0.3 is 10.6 Å². The number of hydrogen-bond acceptors (Lipinski definition) is 4. The number of nitrogens with zero attached hydrogens (tertiary/aromatic N) is 1. The summed E-state index contributed by atoms with van der Waals surface area (Å²) in [5.41, 5.74) is 2.75. The molecule has 1 aromatic heterocycles. The Morgan fingerprint density at radius 1 is 1.33 bits per heavy atom. The SMILES string of the molecule is N#Cc1ccsc1C(=O)Nc1ccc2c(c1)NC(=O)CC2. The van der Waals surface area contributed by atoms with Gasteiger partial charge in [0.2, 0.25) is 5.91 Å². The largest absolute Gasteiger partial charge is 0.326 e. The highest BCUT2D eigenvalue weighted by atomic mass is 32.1. The highest BCUT2D eigenvalue weighted by Crippen LogP contribution is 2.26. The maximum Gasteiger partial charge on any atom is 0.267 e. The molecule has 2 aromatic rings. The molecule has 0 unspecified atom stereocenters. The van der Waals surface area contributed by atoms with Crippen molar-refractivity contribution >= 4 is 34.5 Å². The van der Waals surface area contributed by atoms with Crippen LogP contribution >= 0.6 is 11.3 Å². The molecule has 3 rings (SSSR count). The van der Waals surface area contributed by atoms with E-state index in [4.69, 9.17) is 5.26 Å². The van der Waals surface area contributed by atoms with E-state index in [0.717, 1.165) is 11.3 Å². The van der Waals surface area contributed by atoms with Crippen LogP contribution in [0.1, 0.15) is 27.2 Å². The summed E-state index contributed by atoms with van der Waals surface area (Å²) < 4.78 is 0. The van der Waals surface area contributed by atoms with E-state index in [1.807, 2.05) is 12.1 Å². The summed E-state index contributed by atoms with van der Waals surface area (Å²) in [6.07, 6.45) is 1.19. The minimum Gasteiger partial charge on any atom is -0.326 e. The van der Waals surface area contributed by atoms with Gasteiger partial charge in [0.15, 0.2) is 0 Å². The zero-order chi connectivity index (χ0) is 14.8. The van der Waals surface area contributed by atoms with Gasteiger partial charge in [-0.25, -0.2) is 0 Å². The van der Waals surface area contributed by atoms with Crippen LogP contribution in [0.2, 0.25) is 0 Å². The summed E-state index contributed by atoms with van der Waals surface area (Å²) in [6.45, 7) is 0. The van der Waals surface area contributed by atoms with Crippen LogP contribution in [0.25, 0.3) is 0 Å². The number of carbonyl (C=O) groups excluding carboxylic acids is 2. The van der Waals surface area contributed by atoms with Crippen LogP contribution in [0.15, 0.2) is 29.6 Å². The number of nitriles is 1. The van der Waals surface area contributed by atoms with Gasteiger partial charge in [-0.3, -0.25) is 9.59 Å². The predicted octanol–water partition coefficient (Wildman–Crippen LogP) is 2.76. The molecule has 2 N–H and O–H groups in total. The standard InChI is InChI=1S/C15H11N3O2S/c16-8-10-5-6-21-14(10)15(20)17-11-3-1-9-2-4-13(19)18-12(9)7-11/h1,3,5-7H,2,4H2,(H,17,20)(H,18,19). The van der Waals surface area contributed by atoms with Crippen LogP contribution < -0.4 is 10.6 Å². The summed E-state index contributed by atoms with van der Waals surface area (Å²) in [5.74, 6) is -0.334. The molecule has 0 saturated carbocycles. The fourth-order valence-corrected chi connectivity index (χ4v) is 2.95. The second-order valence-corrected chi connectivity index (χ2v) is 5.57. The minimum atomic E-state index is -0.316. The summed E-state index contributed by atoms with van der Waals surface area (Å²) in [7, 11) is 0. The van der Waals surface area contributed by atoms with E-state index in [1.54, 1.807) is 23.6 Å². The highest BCUT2D eigenvalue weighted by Gasteiger charge is 2.17. The first-order valence-corrected chi connectivity index (χ1v) is 7.27. The second-order valence-electron chi connectivity index (χ2n) is 4.65. The maximum absolute atomic E-state index is 12.1. The van der Waals surface area contributed by atoms with E-state index in [0.29, 0.717) is 29.0 Å². The molecule has 1 aliphatic rings. The fourth-order valence-electron chi connectivity index (χ4n) is 2.21. The number of fused-ring (bicyclic) bond motifs is 1. The molecule has 5 nitrogen and oxygen atoms in total. The van der Waals surface area contributed by atoms with E-state index in [-0.39, 0.29) is 11.8 Å². The number of rotatable bonds is 2. The van der Waals surface area contributed by atoms with Crippen molar-refractivity contribution in [1.82, 2.24) is 0 Å². The van der Waals surface area contributed by atoms with Crippen LogP contribution in [0.4, 0.5) is 11.4 Å². The first kappa shape index (κ1) is 13.3. The molecule has 0 fully saturated rings. The monoisotopic (exact) mass is 297 g/mol. The van der Waals surface area contributed by atoms with E-state index >= 15 is 0 Å². The number of benzene rings is 1. The van der Waals surface area contributed by atoms with Crippen LogP contribution in [0.5, 0.6) is 0 Å². The summed E-state index contributed by atoms with van der Waals surface area (Å²) in [6, 6.07) is 9.04. The third-order valence-corrected chi connectivity index (χ3v) is 4.17. The number of hydrogen-bond donors (Lipinski definition) is 2. The molecule has 1 aliphatic heterocycles. The van der Waals surface area contributed by atoms with Gasteiger partial charge in [0.1, 0.15) is 10.9 Å². The molecule has 2 amide bonds. The minimum absolute atomic E-state index is 0.0176. The highest BCUT2D eigenvalue weighted by molar-refractivity contribution is 7.12. The van der Waals surface area contributed by atoms with Crippen molar-refractivity contribution in [3.63, 3.8) is 0 Å². The lowest BCUT2D eigenvalue weighted by atomic mass is 10.0. The Kier molecular flexibility index (Phi) is 3.42. The van der Waals surface area contributed by atoms with E-state index < -0.39 is 0 Å². The van der Waals surface area contributed by atoms with Gasteiger partial charge in [0.05, 0.1) is 5.56 Å². The molecular formula is C15H11N3O2S. The number of nitrogens with one attached hydrogen (secondary N) is 2. The van der Waals surface area contributed by atoms with E-state index in [2.05, 4.69) is 10.6 Å². The molecule has 0 aliphatic carbocycles. The van der Waals surface area contributed by atoms with Gasteiger partial charge in [0.25, 0.3) is 5.91 Å². The molecule has 21 heavy (non-hydrogen) atoms. The van der Waals surface area contributed by atoms with Crippen molar-refractivity contribution in [3.05, 3.63) is 45.6 Å². The van der Waals surface area contributed by atoms with Crippen molar-refractivity contribution in [2.45, 2.75) is 12.8 Å². The van der Waals surface area contributed by atoms with Gasteiger partial charge in [0, 0.05) is 17.8 Å². The Balaban J connectivity index is 1.83. The van der Waals surface area contributed by atoms with Crippen LogP contribution in [-0.4, -0.2) is 11.8 Å². The lowest BCUT2D eigenvalue weighted by Crippen LogP contribution is -2.19. The fraction of sp³-hybridized carbons (Fsp3) is 0.133. The van der Waals surface area contributed by atoms with Gasteiger partial charge in [-0.05, 0) is 35.6 Å². The van der Waals surface area contributed by atoms with Gasteiger partial charge >= 0.3 is 0 Å². The zero-order valence-electron chi connectivity index (χ0n) is 11.0. The normalized spacial score (nSPS) is 13.0. The Morgan fingerprint density at radius 3 is 3.00 bits per heavy atom. The molecule has 2 heterocycles. The summed E-state index contributed by atoms with van der Waals surface area (Å²) >= 11 is 1.23. The van der Waals surface area contributed by atoms with Gasteiger partial charge in [-0.1, -0.05) is 6.07 Å². The van der Waals surface area contributed by atoms with Crippen LogP contribution in [0, 0.1) is 11.3 Å². The van der Waals surface area contributed by atoms with E-state index in [9.17, 15) is 9.59 Å². The van der Waals surface area contributed by atoms with Crippen molar-refractivity contribution in [3.8, 4) is 6.07 Å². The number of carbonyl (C=O) groups is 2. The smallest absolute Gasteiger partial charge is 0.267 e. The topological polar surface area (TPSA) is 82.0 Å². The molecule has 0 spiro atoms. The Hall–Kier alpha value is -2.65. The Morgan fingerprint density at radius 2 is 2.19 bits per heavy atom. The molecule has 0 atom stereocenters. The molecule has 0 bridgehead atoms. The van der Waals surface area contributed by atoms with Crippen molar-refractivity contribution in [2.75, 3.05) is 10.6 Å². The second kappa shape index (κ2) is 5.38. The van der Waals surface area contributed by atoms with Crippen molar-refractivity contribution in [2.24, 2.45) is 0 Å². The van der Waals surface area contributed by atoms with E-state index in [1.165, 1.54) is 11.3 Å². The maximum atomic E-state index is 12.1. The van der Waals surface area contributed by atoms with Crippen LogP contribution in [0.3, 0.4) is 0 Å². The quantitative estimate of drug-likeness (QED) is 0.894. The third kappa shape index (κ3) is 2.64. The summed E-state index contributed by atoms with van der Waals surface area (Å²) in [5, 5.41) is 16.2. The molecular weight excluding hydrogens is 286 g/mol. The first-order valence-electron chi connectivity index (χ1n) is 6.39. The average molecular weight is 297 g/mol. The number of anilines is 2. The molecule has 1 aromatic carbocycles. The predicted molar refractivity (Wildman–Crippen MR) is 80.4 cm³/mol. The number of amides is 2. The van der Waals surface area contributed by atoms with Crippen molar-refractivity contribution in [1.29, 1.82) is 5.26 Å². The molecule has 0 radical (unpaired) electrons. The third-order valence-electron chi connectivity index (χ3n) is 3.26. The van der Waals surface area contributed by atoms with Crippen LogP contribution in [-0.2, 0) is 11.2 Å². The van der Waals surface area contributed by atoms with Gasteiger partial charge in [-0.15, -0.1) is 11.3 Å². The Labute approximate surface area is 125 Å². The molecule has 104 valence electrons. The summed E-state index contributed by atoms with van der Waals surface area (Å²) in [4.78, 5) is 23.9. The first-order chi connectivity index (χ1) is 10.2. The lowest BCUT2D eigenvalue weighted by molar-refractivity contribution is -0.116. The number of thiophene rings is 1. The number of aryl methyl sites for hydroxylation is 1. The molecule has 0 saturated heterocycles. The van der Waals surface area contributed by atoms with Gasteiger partial charge in [-0.2, -0.15) is 5.26 Å². The zero-order valence-corrected chi connectivity index (χ0v) is 11.8. The lowest BCUT2D eigenvalue weighted by Gasteiger charge is -2.17.